The Bertz CT molecular complexity index is 2400. The summed E-state index contributed by atoms with van der Waals surface area (Å²) in [5.74, 6) is 0.630. The highest BCUT2D eigenvalue weighted by Crippen LogP contribution is 2.40. The lowest BCUT2D eigenvalue weighted by molar-refractivity contribution is 0.670. The average Bonchev–Trinajstić information content (AvgIpc) is 3.69. The van der Waals surface area contributed by atoms with Gasteiger partial charge in [0.05, 0.1) is 15.8 Å². The monoisotopic (exact) mass is 584 g/mol. The highest BCUT2D eigenvalue weighted by Gasteiger charge is 2.16. The molecule has 1 N–H and O–H groups in total. The zero-order valence-corrected chi connectivity index (χ0v) is 24.3. The maximum atomic E-state index is 8.88. The predicted octanol–water partition coefficient (Wildman–Crippen LogP) is 9.91. The van der Waals surface area contributed by atoms with Crippen LogP contribution in [0.25, 0.3) is 53.5 Å². The molecule has 0 fully saturated rings. The van der Waals surface area contributed by atoms with E-state index in [1.54, 1.807) is 17.6 Å². The number of furan rings is 1. The molecule has 208 valence electrons. The molecule has 0 aliphatic heterocycles. The number of thiazole rings is 1. The van der Waals surface area contributed by atoms with Gasteiger partial charge in [-0.1, -0.05) is 109 Å². The van der Waals surface area contributed by atoms with E-state index in [-0.39, 0.29) is 5.84 Å². The zero-order chi connectivity index (χ0) is 29.5. The first-order chi connectivity index (χ1) is 21.7. The van der Waals surface area contributed by atoms with Crippen LogP contribution in [0.5, 0.6) is 0 Å². The molecule has 0 saturated heterocycles. The molecule has 2 heterocycles. The fourth-order valence-electron chi connectivity index (χ4n) is 5.50. The Morgan fingerprint density at radius 1 is 0.705 bits per heavy atom. The molecule has 6 heteroatoms. The van der Waals surface area contributed by atoms with Gasteiger partial charge in [0.2, 0.25) is 0 Å². The molecule has 6 aromatic carbocycles. The van der Waals surface area contributed by atoms with Crippen LogP contribution in [0.15, 0.2) is 148 Å². The molecule has 0 atom stereocenters. The molecule has 2 aromatic heterocycles. The number of fused-ring (bicyclic) bond motifs is 6. The first kappa shape index (κ1) is 25.9. The van der Waals surface area contributed by atoms with Crippen molar-refractivity contribution < 1.29 is 4.42 Å². The minimum Gasteiger partial charge on any atom is -0.455 e. The topological polar surface area (TPSA) is 74.6 Å². The van der Waals surface area contributed by atoms with Gasteiger partial charge in [-0.15, -0.1) is 11.3 Å². The highest BCUT2D eigenvalue weighted by molar-refractivity contribution is 7.21. The normalized spacial score (nSPS) is 12.2. The smallest absolute Gasteiger partial charge is 0.161 e. The zero-order valence-electron chi connectivity index (χ0n) is 23.4. The summed E-state index contributed by atoms with van der Waals surface area (Å²) in [6, 6.07) is 44.2. The van der Waals surface area contributed by atoms with E-state index in [2.05, 4.69) is 46.4 Å². The quantitative estimate of drug-likeness (QED) is 0.165. The second kappa shape index (κ2) is 10.8. The maximum Gasteiger partial charge on any atom is 0.161 e. The molecule has 44 heavy (non-hydrogen) atoms. The molecule has 0 amide bonds. The van der Waals surface area contributed by atoms with Crippen LogP contribution >= 0.6 is 11.3 Å². The van der Waals surface area contributed by atoms with Crippen molar-refractivity contribution in [1.82, 2.24) is 4.98 Å². The van der Waals surface area contributed by atoms with Crippen molar-refractivity contribution >= 4 is 72.2 Å². The number of benzene rings is 6. The van der Waals surface area contributed by atoms with E-state index in [4.69, 9.17) is 14.8 Å². The molecule has 8 aromatic rings. The Hall–Kier alpha value is -5.72. The van der Waals surface area contributed by atoms with Gasteiger partial charge in [0, 0.05) is 33.5 Å². The fourth-order valence-corrected chi connectivity index (χ4v) is 6.50. The van der Waals surface area contributed by atoms with E-state index in [1.165, 1.54) is 0 Å². The fraction of sp³-hybridized carbons (Fsp3) is 0. The lowest BCUT2D eigenvalue weighted by Gasteiger charge is -2.05. The number of hydrogen-bond donors (Lipinski definition) is 1. The van der Waals surface area contributed by atoms with Crippen LogP contribution in [0.3, 0.4) is 0 Å². The van der Waals surface area contributed by atoms with E-state index in [0.29, 0.717) is 11.4 Å². The molecule has 0 radical (unpaired) electrons. The van der Waals surface area contributed by atoms with Gasteiger partial charge in [-0.25, -0.2) is 15.0 Å². The number of nitrogens with zero attached hydrogens (tertiary/aromatic N) is 3. The molecular formula is C38H24N4OS. The number of hydrogen-bond acceptors (Lipinski definition) is 4. The summed E-state index contributed by atoms with van der Waals surface area (Å²) >= 11 is 1.66. The van der Waals surface area contributed by atoms with Crippen LogP contribution in [-0.4, -0.2) is 22.9 Å². The third-order valence-electron chi connectivity index (χ3n) is 7.67. The van der Waals surface area contributed by atoms with Crippen LogP contribution in [-0.2, 0) is 0 Å². The molecule has 5 nitrogen and oxygen atoms in total. The van der Waals surface area contributed by atoms with E-state index in [9.17, 15) is 0 Å². The largest absolute Gasteiger partial charge is 0.455 e. The summed E-state index contributed by atoms with van der Waals surface area (Å²) < 4.78 is 7.39. The summed E-state index contributed by atoms with van der Waals surface area (Å²) in [6.45, 7) is 0. The Morgan fingerprint density at radius 2 is 1.48 bits per heavy atom. The van der Waals surface area contributed by atoms with Gasteiger partial charge < -0.3 is 4.42 Å². The Labute approximate surface area is 257 Å². The van der Waals surface area contributed by atoms with E-state index in [1.807, 2.05) is 97.1 Å². The highest BCUT2D eigenvalue weighted by atomic mass is 32.1. The second-order valence-corrected chi connectivity index (χ2v) is 11.5. The van der Waals surface area contributed by atoms with Gasteiger partial charge in [-0.2, -0.15) is 0 Å². The van der Waals surface area contributed by atoms with E-state index >= 15 is 0 Å². The van der Waals surface area contributed by atoms with E-state index < -0.39 is 0 Å². The van der Waals surface area contributed by atoms with Crippen molar-refractivity contribution in [1.29, 1.82) is 5.41 Å². The van der Waals surface area contributed by atoms with Crippen LogP contribution in [0.4, 0.5) is 0 Å². The molecular weight excluding hydrogens is 561 g/mol. The lowest BCUT2D eigenvalue weighted by atomic mass is 10.1. The van der Waals surface area contributed by atoms with Crippen molar-refractivity contribution in [2.24, 2.45) is 9.98 Å². The van der Waals surface area contributed by atoms with Crippen molar-refractivity contribution in [2.75, 3.05) is 0 Å². The van der Waals surface area contributed by atoms with Crippen molar-refractivity contribution in [2.45, 2.75) is 0 Å². The second-order valence-electron chi connectivity index (χ2n) is 10.5. The van der Waals surface area contributed by atoms with Gasteiger partial charge in [-0.3, -0.25) is 5.41 Å². The molecule has 8 rings (SSSR count). The van der Waals surface area contributed by atoms with Gasteiger partial charge >= 0.3 is 0 Å². The summed E-state index contributed by atoms with van der Waals surface area (Å²) in [5.41, 5.74) is 6.19. The molecule has 0 unspecified atom stereocenters. The summed E-state index contributed by atoms with van der Waals surface area (Å²) in [5, 5.41) is 14.0. The number of rotatable bonds is 4. The first-order valence-electron chi connectivity index (χ1n) is 14.3. The van der Waals surface area contributed by atoms with Crippen molar-refractivity contribution in [3.8, 4) is 10.6 Å². The molecule has 0 saturated carbocycles. The van der Waals surface area contributed by atoms with Crippen molar-refractivity contribution in [3.05, 3.63) is 150 Å². The molecule has 0 bridgehead atoms. The Morgan fingerprint density at radius 3 is 2.34 bits per heavy atom. The maximum absolute atomic E-state index is 8.88. The van der Waals surface area contributed by atoms with Crippen LogP contribution in [0, 0.1) is 5.41 Å². The van der Waals surface area contributed by atoms with E-state index in [0.717, 1.165) is 64.6 Å². The molecule has 0 spiro atoms. The van der Waals surface area contributed by atoms with Gasteiger partial charge in [0.15, 0.2) is 11.7 Å². The summed E-state index contributed by atoms with van der Waals surface area (Å²) in [6.07, 6.45) is 1.78. The SMILES string of the molecule is N=C(N=C(N=Cc1ccccc1)c1ccccc1)c1ccc2c(ccc3sc(-c4cccc5c4oc4ccccc45)nc32)c1. The lowest BCUT2D eigenvalue weighted by Crippen LogP contribution is -2.04. The predicted molar refractivity (Wildman–Crippen MR) is 184 cm³/mol. The minimum absolute atomic E-state index is 0.145. The van der Waals surface area contributed by atoms with Gasteiger partial charge in [0.1, 0.15) is 16.2 Å². The number of nitrogens with one attached hydrogen (secondary N) is 1. The Kier molecular flexibility index (Phi) is 6.39. The molecule has 0 aliphatic carbocycles. The summed E-state index contributed by atoms with van der Waals surface area (Å²) in [7, 11) is 0. The number of aromatic nitrogens is 1. The van der Waals surface area contributed by atoms with Crippen LogP contribution < -0.4 is 0 Å². The third-order valence-corrected chi connectivity index (χ3v) is 8.72. The van der Waals surface area contributed by atoms with Gasteiger partial charge in [0.25, 0.3) is 0 Å². The summed E-state index contributed by atoms with van der Waals surface area (Å²) in [4.78, 5) is 14.4. The minimum atomic E-state index is 0.145. The molecule has 0 aliphatic rings. The standard InChI is InChI=1S/C38H24N4OS/c39-36(42-37(25-12-5-2-6-13-25)40-23-24-10-3-1-4-11-24)27-18-20-28-26(22-27)19-21-33-34(28)41-38(44-33)31-16-9-15-30-29-14-7-8-17-32(29)43-35(30)31/h1-23,39H. The number of amidine groups is 2. The van der Waals surface area contributed by atoms with Gasteiger partial charge in [-0.05, 0) is 35.2 Å². The van der Waals surface area contributed by atoms with Crippen LogP contribution in [0.2, 0.25) is 0 Å². The van der Waals surface area contributed by atoms with Crippen LogP contribution in [0.1, 0.15) is 16.7 Å². The number of aliphatic imine (C=N–C) groups is 2. The first-order valence-corrected chi connectivity index (χ1v) is 15.1. The Balaban J connectivity index is 1.17. The van der Waals surface area contributed by atoms with Crippen molar-refractivity contribution in [3.63, 3.8) is 0 Å². The average molecular weight is 585 g/mol. The third kappa shape index (κ3) is 4.68. The number of para-hydroxylation sites is 2.